The summed E-state index contributed by atoms with van der Waals surface area (Å²) >= 11 is 0. The molecule has 0 saturated heterocycles. The standard InChI is InChI=1S/C20H13F2N7/c21-16-7-13(14-10-25-26-11-14)8-17(22)19(16)28-18-5-6-24-20(29-18)27-15-3-1-12(9-23)2-4-15/h1-8,10-11H,(H,25,26)(H2,24,27,28,29). The maximum absolute atomic E-state index is 14.5. The maximum Gasteiger partial charge on any atom is 0.229 e. The maximum atomic E-state index is 14.5. The summed E-state index contributed by atoms with van der Waals surface area (Å²) in [6.45, 7) is 0. The van der Waals surface area contributed by atoms with Crippen molar-refractivity contribution in [3.8, 4) is 17.2 Å². The second-order valence-electron chi connectivity index (χ2n) is 6.01. The van der Waals surface area contributed by atoms with Crippen LogP contribution in [0.3, 0.4) is 0 Å². The number of H-pyrrole nitrogens is 1. The van der Waals surface area contributed by atoms with Crippen molar-refractivity contribution >= 4 is 23.1 Å². The van der Waals surface area contributed by atoms with Gasteiger partial charge in [0.05, 0.1) is 17.8 Å². The van der Waals surface area contributed by atoms with Gasteiger partial charge < -0.3 is 10.6 Å². The summed E-state index contributed by atoms with van der Waals surface area (Å²) in [4.78, 5) is 8.30. The first-order chi connectivity index (χ1) is 14.1. The number of hydrogen-bond acceptors (Lipinski definition) is 6. The third-order valence-electron chi connectivity index (χ3n) is 4.05. The number of nitrogens with one attached hydrogen (secondary N) is 3. The van der Waals surface area contributed by atoms with Gasteiger partial charge in [-0.2, -0.15) is 15.3 Å². The minimum absolute atomic E-state index is 0.213. The minimum Gasteiger partial charge on any atom is -0.335 e. The van der Waals surface area contributed by atoms with Gasteiger partial charge in [0.2, 0.25) is 5.95 Å². The van der Waals surface area contributed by atoms with Crippen LogP contribution in [0.5, 0.6) is 0 Å². The first-order valence-corrected chi connectivity index (χ1v) is 8.48. The van der Waals surface area contributed by atoms with Gasteiger partial charge in [-0.15, -0.1) is 0 Å². The molecule has 0 radical (unpaired) electrons. The fourth-order valence-electron chi connectivity index (χ4n) is 2.64. The van der Waals surface area contributed by atoms with Gasteiger partial charge in [-0.3, -0.25) is 5.10 Å². The lowest BCUT2D eigenvalue weighted by atomic mass is 10.1. The highest BCUT2D eigenvalue weighted by Gasteiger charge is 2.14. The molecule has 0 atom stereocenters. The lowest BCUT2D eigenvalue weighted by Crippen LogP contribution is -2.03. The predicted molar refractivity (Wildman–Crippen MR) is 104 cm³/mol. The second kappa shape index (κ2) is 7.74. The van der Waals surface area contributed by atoms with Crippen LogP contribution in [0.2, 0.25) is 0 Å². The molecule has 142 valence electrons. The highest BCUT2D eigenvalue weighted by Crippen LogP contribution is 2.29. The van der Waals surface area contributed by atoms with Gasteiger partial charge in [0, 0.05) is 23.6 Å². The summed E-state index contributed by atoms with van der Waals surface area (Å²) < 4.78 is 29.0. The number of hydrogen-bond donors (Lipinski definition) is 3. The number of nitriles is 1. The average Bonchev–Trinajstić information content (AvgIpc) is 3.26. The van der Waals surface area contributed by atoms with Crippen molar-refractivity contribution in [1.82, 2.24) is 20.2 Å². The van der Waals surface area contributed by atoms with Crippen LogP contribution in [-0.4, -0.2) is 20.2 Å². The van der Waals surface area contributed by atoms with Crippen LogP contribution in [0.1, 0.15) is 5.56 Å². The SMILES string of the molecule is N#Cc1ccc(Nc2nccc(Nc3c(F)cc(-c4cn[nH]c4)cc3F)n2)cc1. The normalized spacial score (nSPS) is 10.4. The Morgan fingerprint density at radius 1 is 0.966 bits per heavy atom. The van der Waals surface area contributed by atoms with Crippen molar-refractivity contribution in [1.29, 1.82) is 5.26 Å². The van der Waals surface area contributed by atoms with Crippen LogP contribution in [0.4, 0.5) is 31.9 Å². The van der Waals surface area contributed by atoms with Gasteiger partial charge in [0.25, 0.3) is 0 Å². The van der Waals surface area contributed by atoms with Crippen molar-refractivity contribution in [2.24, 2.45) is 0 Å². The van der Waals surface area contributed by atoms with Gasteiger partial charge in [-0.05, 0) is 48.0 Å². The van der Waals surface area contributed by atoms with Crippen LogP contribution in [0, 0.1) is 23.0 Å². The van der Waals surface area contributed by atoms with E-state index in [4.69, 9.17) is 5.26 Å². The van der Waals surface area contributed by atoms with Crippen LogP contribution >= 0.6 is 0 Å². The smallest absolute Gasteiger partial charge is 0.229 e. The van der Waals surface area contributed by atoms with E-state index >= 15 is 0 Å². The van der Waals surface area contributed by atoms with E-state index in [0.29, 0.717) is 22.4 Å². The Morgan fingerprint density at radius 2 is 1.72 bits per heavy atom. The minimum atomic E-state index is -0.763. The lowest BCUT2D eigenvalue weighted by Gasteiger charge is -2.11. The Kier molecular flexibility index (Phi) is 4.82. The van der Waals surface area contributed by atoms with Gasteiger partial charge >= 0.3 is 0 Å². The molecule has 0 unspecified atom stereocenters. The van der Waals surface area contributed by atoms with Crippen LogP contribution < -0.4 is 10.6 Å². The van der Waals surface area contributed by atoms with Gasteiger partial charge in [-0.25, -0.2) is 13.8 Å². The number of anilines is 4. The van der Waals surface area contributed by atoms with Crippen molar-refractivity contribution in [3.05, 3.63) is 78.3 Å². The first kappa shape index (κ1) is 18.1. The number of halogens is 2. The summed E-state index contributed by atoms with van der Waals surface area (Å²) in [6.07, 6.45) is 4.48. The molecule has 7 nitrogen and oxygen atoms in total. The zero-order chi connectivity index (χ0) is 20.2. The molecule has 2 aromatic carbocycles. The molecule has 0 aliphatic heterocycles. The Morgan fingerprint density at radius 3 is 2.38 bits per heavy atom. The predicted octanol–water partition coefficient (Wildman–Crippen LogP) is 4.50. The molecule has 0 fully saturated rings. The van der Waals surface area contributed by atoms with Gasteiger partial charge in [0.15, 0.2) is 0 Å². The third-order valence-corrected chi connectivity index (χ3v) is 4.05. The molecule has 2 heterocycles. The first-order valence-electron chi connectivity index (χ1n) is 8.48. The fraction of sp³-hybridized carbons (Fsp3) is 0. The number of benzene rings is 2. The third kappa shape index (κ3) is 4.01. The zero-order valence-corrected chi connectivity index (χ0v) is 14.8. The number of nitrogens with zero attached hydrogens (tertiary/aromatic N) is 4. The number of aromatic nitrogens is 4. The van der Waals surface area contributed by atoms with Crippen LogP contribution in [0.25, 0.3) is 11.1 Å². The van der Waals surface area contributed by atoms with E-state index in [1.165, 1.54) is 30.6 Å². The van der Waals surface area contributed by atoms with Gasteiger partial charge in [0.1, 0.15) is 23.1 Å². The summed E-state index contributed by atoms with van der Waals surface area (Å²) in [5, 5.41) is 20.8. The summed E-state index contributed by atoms with van der Waals surface area (Å²) in [5.74, 6) is -1.08. The van der Waals surface area contributed by atoms with Gasteiger partial charge in [-0.1, -0.05) is 0 Å². The number of aromatic amines is 1. The Balaban J connectivity index is 1.55. The summed E-state index contributed by atoms with van der Waals surface area (Å²) in [7, 11) is 0. The molecule has 0 aliphatic carbocycles. The van der Waals surface area contributed by atoms with E-state index in [-0.39, 0.29) is 17.5 Å². The molecule has 4 rings (SSSR count). The van der Waals surface area contributed by atoms with Crippen LogP contribution in [0.15, 0.2) is 61.1 Å². The molecule has 0 aliphatic rings. The van der Waals surface area contributed by atoms with Crippen molar-refractivity contribution < 1.29 is 8.78 Å². The number of rotatable bonds is 5. The highest BCUT2D eigenvalue weighted by molar-refractivity contribution is 5.68. The van der Waals surface area contributed by atoms with E-state index in [1.54, 1.807) is 30.5 Å². The van der Waals surface area contributed by atoms with E-state index in [1.807, 2.05) is 6.07 Å². The molecular weight excluding hydrogens is 376 g/mol. The molecule has 0 amide bonds. The fourth-order valence-corrected chi connectivity index (χ4v) is 2.64. The molecule has 9 heteroatoms. The molecular formula is C20H13F2N7. The lowest BCUT2D eigenvalue weighted by molar-refractivity contribution is 0.591. The topological polar surface area (TPSA) is 102 Å². The van der Waals surface area contributed by atoms with Crippen molar-refractivity contribution in [2.45, 2.75) is 0 Å². The zero-order valence-electron chi connectivity index (χ0n) is 14.8. The monoisotopic (exact) mass is 389 g/mol. The molecule has 3 N–H and O–H groups in total. The summed E-state index contributed by atoms with van der Waals surface area (Å²) in [6, 6.07) is 12.7. The largest absolute Gasteiger partial charge is 0.335 e. The van der Waals surface area contributed by atoms with Crippen LogP contribution in [-0.2, 0) is 0 Å². The Hall–Kier alpha value is -4.32. The quantitative estimate of drug-likeness (QED) is 0.464. The Bertz CT molecular complexity index is 1160. The highest BCUT2D eigenvalue weighted by atomic mass is 19.1. The Labute approximate surface area is 164 Å². The van der Waals surface area contributed by atoms with E-state index in [9.17, 15) is 8.78 Å². The van der Waals surface area contributed by atoms with Crippen molar-refractivity contribution in [2.75, 3.05) is 10.6 Å². The van der Waals surface area contributed by atoms with Crippen molar-refractivity contribution in [3.63, 3.8) is 0 Å². The second-order valence-corrected chi connectivity index (χ2v) is 6.01. The van der Waals surface area contributed by atoms with E-state index in [2.05, 4.69) is 30.8 Å². The molecule has 2 aromatic heterocycles. The summed E-state index contributed by atoms with van der Waals surface area (Å²) in [5.41, 5.74) is 1.82. The molecule has 0 saturated carbocycles. The molecule has 0 bridgehead atoms. The molecule has 4 aromatic rings. The molecule has 29 heavy (non-hydrogen) atoms. The van der Waals surface area contributed by atoms with E-state index < -0.39 is 11.6 Å². The average molecular weight is 389 g/mol. The molecule has 0 spiro atoms. The van der Waals surface area contributed by atoms with E-state index in [0.717, 1.165) is 0 Å².